The standard InChI is InChI=1S/C25H24N2O3S/c1-3-30-20-11-9-18(10-12-20)15-24(28)27(17-19-7-5-4-6-8-19)25-26-22-16-21(29-2)13-14-23(22)31-25/h4-14,16H,3,15,17H2,1-2H3. The van der Waals surface area contributed by atoms with Crippen LogP contribution in [0.4, 0.5) is 5.13 Å². The molecule has 0 bridgehead atoms. The molecular weight excluding hydrogens is 408 g/mol. The highest BCUT2D eigenvalue weighted by Gasteiger charge is 2.21. The number of hydrogen-bond donors (Lipinski definition) is 0. The van der Waals surface area contributed by atoms with Gasteiger partial charge in [0.1, 0.15) is 11.5 Å². The van der Waals surface area contributed by atoms with E-state index in [0.29, 0.717) is 24.7 Å². The quantitative estimate of drug-likeness (QED) is 0.370. The van der Waals surface area contributed by atoms with Crippen molar-refractivity contribution in [3.8, 4) is 11.5 Å². The van der Waals surface area contributed by atoms with Gasteiger partial charge < -0.3 is 9.47 Å². The topological polar surface area (TPSA) is 51.7 Å². The fourth-order valence-corrected chi connectivity index (χ4v) is 4.27. The van der Waals surface area contributed by atoms with Crippen LogP contribution in [0, 0.1) is 0 Å². The number of rotatable bonds is 8. The number of benzene rings is 3. The molecule has 0 radical (unpaired) electrons. The summed E-state index contributed by atoms with van der Waals surface area (Å²) in [6, 6.07) is 23.4. The third kappa shape index (κ3) is 5.03. The lowest BCUT2D eigenvalue weighted by molar-refractivity contribution is -0.118. The lowest BCUT2D eigenvalue weighted by Crippen LogP contribution is -2.31. The molecule has 0 aliphatic carbocycles. The second-order valence-corrected chi connectivity index (χ2v) is 8.06. The monoisotopic (exact) mass is 432 g/mol. The van der Waals surface area contributed by atoms with Gasteiger partial charge in [-0.2, -0.15) is 0 Å². The first-order valence-electron chi connectivity index (χ1n) is 10.2. The van der Waals surface area contributed by atoms with Gasteiger partial charge in [-0.3, -0.25) is 9.69 Å². The van der Waals surface area contributed by atoms with Gasteiger partial charge in [0.05, 0.1) is 36.9 Å². The van der Waals surface area contributed by atoms with Crippen molar-refractivity contribution in [1.82, 2.24) is 4.98 Å². The van der Waals surface area contributed by atoms with E-state index in [1.807, 2.05) is 79.7 Å². The summed E-state index contributed by atoms with van der Waals surface area (Å²) in [6.07, 6.45) is 0.290. The summed E-state index contributed by atoms with van der Waals surface area (Å²) >= 11 is 1.51. The first-order valence-corrected chi connectivity index (χ1v) is 11.0. The molecule has 6 heteroatoms. The van der Waals surface area contributed by atoms with Crippen molar-refractivity contribution in [2.75, 3.05) is 18.6 Å². The molecule has 1 aromatic heterocycles. The summed E-state index contributed by atoms with van der Waals surface area (Å²) in [4.78, 5) is 19.9. The summed E-state index contributed by atoms with van der Waals surface area (Å²) < 4.78 is 11.8. The molecule has 0 spiro atoms. The average Bonchev–Trinajstić information content (AvgIpc) is 3.22. The van der Waals surface area contributed by atoms with E-state index in [1.165, 1.54) is 11.3 Å². The minimum atomic E-state index is -0.000894. The SMILES string of the molecule is CCOc1ccc(CC(=O)N(Cc2ccccc2)c2nc3cc(OC)ccc3s2)cc1. The second-order valence-electron chi connectivity index (χ2n) is 7.05. The maximum atomic E-state index is 13.4. The Kier molecular flexibility index (Phi) is 6.48. The van der Waals surface area contributed by atoms with Crippen LogP contribution in [0.1, 0.15) is 18.1 Å². The molecule has 0 N–H and O–H groups in total. The zero-order valence-corrected chi connectivity index (χ0v) is 18.4. The highest BCUT2D eigenvalue weighted by atomic mass is 32.1. The second kappa shape index (κ2) is 9.62. The summed E-state index contributed by atoms with van der Waals surface area (Å²) in [5.74, 6) is 1.55. The Balaban J connectivity index is 1.62. The molecule has 4 rings (SSSR count). The van der Waals surface area contributed by atoms with Gasteiger partial charge in [0.25, 0.3) is 0 Å². The first-order chi connectivity index (χ1) is 15.2. The number of anilines is 1. The van der Waals surface area contributed by atoms with Crippen LogP contribution in [-0.2, 0) is 17.8 Å². The molecule has 1 amide bonds. The van der Waals surface area contributed by atoms with Crippen LogP contribution >= 0.6 is 11.3 Å². The Hall–Kier alpha value is -3.38. The Morgan fingerprint density at radius 2 is 1.71 bits per heavy atom. The van der Waals surface area contributed by atoms with Crippen LogP contribution in [0.2, 0.25) is 0 Å². The van der Waals surface area contributed by atoms with Crippen molar-refractivity contribution < 1.29 is 14.3 Å². The summed E-state index contributed by atoms with van der Waals surface area (Å²) in [7, 11) is 1.64. The Labute approximate surface area is 185 Å². The summed E-state index contributed by atoms with van der Waals surface area (Å²) in [5, 5.41) is 0.683. The van der Waals surface area contributed by atoms with Crippen molar-refractivity contribution in [2.24, 2.45) is 0 Å². The van der Waals surface area contributed by atoms with Gasteiger partial charge in [-0.25, -0.2) is 4.98 Å². The van der Waals surface area contributed by atoms with Crippen LogP contribution in [0.25, 0.3) is 10.2 Å². The molecule has 3 aromatic carbocycles. The van der Waals surface area contributed by atoms with Crippen molar-refractivity contribution in [3.05, 3.63) is 83.9 Å². The molecule has 0 unspecified atom stereocenters. The number of nitrogens with zero attached hydrogens (tertiary/aromatic N) is 2. The molecule has 0 saturated heterocycles. The molecule has 158 valence electrons. The molecule has 0 aliphatic rings. The number of carbonyl (C=O) groups is 1. The zero-order chi connectivity index (χ0) is 21.6. The fraction of sp³-hybridized carbons (Fsp3) is 0.200. The lowest BCUT2D eigenvalue weighted by Gasteiger charge is -2.20. The maximum absolute atomic E-state index is 13.4. The predicted octanol–water partition coefficient (Wildman–Crippen LogP) is 5.48. The van der Waals surface area contributed by atoms with Crippen molar-refractivity contribution in [2.45, 2.75) is 19.9 Å². The average molecular weight is 433 g/mol. The number of aromatic nitrogens is 1. The van der Waals surface area contributed by atoms with Crippen LogP contribution in [0.3, 0.4) is 0 Å². The number of fused-ring (bicyclic) bond motifs is 1. The van der Waals surface area contributed by atoms with Crippen LogP contribution in [0.15, 0.2) is 72.8 Å². The van der Waals surface area contributed by atoms with Gasteiger partial charge in [-0.1, -0.05) is 53.8 Å². The molecule has 4 aromatic rings. The van der Waals surface area contributed by atoms with Gasteiger partial charge >= 0.3 is 0 Å². The molecule has 0 aliphatic heterocycles. The highest BCUT2D eigenvalue weighted by molar-refractivity contribution is 7.22. The number of hydrogen-bond acceptors (Lipinski definition) is 5. The molecule has 5 nitrogen and oxygen atoms in total. The minimum absolute atomic E-state index is 0.000894. The van der Waals surface area contributed by atoms with Crippen molar-refractivity contribution in [3.63, 3.8) is 0 Å². The Morgan fingerprint density at radius 1 is 0.968 bits per heavy atom. The van der Waals surface area contributed by atoms with Gasteiger partial charge in [-0.15, -0.1) is 0 Å². The zero-order valence-electron chi connectivity index (χ0n) is 17.6. The van der Waals surface area contributed by atoms with Gasteiger partial charge in [0.2, 0.25) is 5.91 Å². The van der Waals surface area contributed by atoms with E-state index in [9.17, 15) is 4.79 Å². The van der Waals surface area contributed by atoms with Gasteiger partial charge in [-0.05, 0) is 42.3 Å². The van der Waals surface area contributed by atoms with E-state index in [2.05, 4.69) is 0 Å². The fourth-order valence-electron chi connectivity index (χ4n) is 3.31. The van der Waals surface area contributed by atoms with E-state index in [4.69, 9.17) is 14.5 Å². The maximum Gasteiger partial charge on any atom is 0.233 e. The van der Waals surface area contributed by atoms with Gasteiger partial charge in [0.15, 0.2) is 5.13 Å². The van der Waals surface area contributed by atoms with Crippen molar-refractivity contribution in [1.29, 1.82) is 0 Å². The largest absolute Gasteiger partial charge is 0.497 e. The molecule has 0 saturated carbocycles. The Morgan fingerprint density at radius 3 is 2.42 bits per heavy atom. The van der Waals surface area contributed by atoms with E-state index in [-0.39, 0.29) is 5.91 Å². The number of amides is 1. The Bertz CT molecular complexity index is 1160. The lowest BCUT2D eigenvalue weighted by atomic mass is 10.1. The molecule has 0 fully saturated rings. The molecule has 0 atom stereocenters. The number of carbonyl (C=O) groups excluding carboxylic acids is 1. The molecule has 1 heterocycles. The van der Waals surface area contributed by atoms with Gasteiger partial charge in [0, 0.05) is 6.07 Å². The smallest absolute Gasteiger partial charge is 0.233 e. The van der Waals surface area contributed by atoms with E-state index in [0.717, 1.165) is 32.8 Å². The van der Waals surface area contributed by atoms with Crippen LogP contribution in [0.5, 0.6) is 11.5 Å². The number of methoxy groups -OCH3 is 1. The summed E-state index contributed by atoms with van der Waals surface area (Å²) in [5.41, 5.74) is 2.82. The predicted molar refractivity (Wildman–Crippen MR) is 125 cm³/mol. The van der Waals surface area contributed by atoms with Crippen LogP contribution < -0.4 is 14.4 Å². The number of thiazole rings is 1. The van der Waals surface area contributed by atoms with E-state index < -0.39 is 0 Å². The molecule has 31 heavy (non-hydrogen) atoms. The van der Waals surface area contributed by atoms with E-state index >= 15 is 0 Å². The highest BCUT2D eigenvalue weighted by Crippen LogP contribution is 2.32. The van der Waals surface area contributed by atoms with Crippen molar-refractivity contribution >= 4 is 32.6 Å². The minimum Gasteiger partial charge on any atom is -0.497 e. The summed E-state index contributed by atoms with van der Waals surface area (Å²) in [6.45, 7) is 3.03. The third-order valence-electron chi connectivity index (χ3n) is 4.89. The van der Waals surface area contributed by atoms with Crippen LogP contribution in [-0.4, -0.2) is 24.6 Å². The first kappa shape index (κ1) is 20.9. The third-order valence-corrected chi connectivity index (χ3v) is 5.95. The van der Waals surface area contributed by atoms with E-state index in [1.54, 1.807) is 12.0 Å². The number of ether oxygens (including phenoxy) is 2. The molecular formula is C25H24N2O3S. The normalized spacial score (nSPS) is 10.8.